The zero-order valence-electron chi connectivity index (χ0n) is 17.2. The molecule has 8 heteroatoms. The molecule has 1 unspecified atom stereocenters. The van der Waals surface area contributed by atoms with Gasteiger partial charge < -0.3 is 9.47 Å². The Hall–Kier alpha value is -1.69. The van der Waals surface area contributed by atoms with Crippen LogP contribution in [0.4, 0.5) is 0 Å². The highest BCUT2D eigenvalue weighted by Gasteiger charge is 2.40. The monoisotopic (exact) mass is 427 g/mol. The highest BCUT2D eigenvalue weighted by molar-refractivity contribution is 7.89. The summed E-state index contributed by atoms with van der Waals surface area (Å²) in [5.41, 5.74) is -1.51. The summed E-state index contributed by atoms with van der Waals surface area (Å²) < 4.78 is 39.0. The second-order valence-corrected chi connectivity index (χ2v) is 9.95. The van der Waals surface area contributed by atoms with Crippen molar-refractivity contribution in [3.63, 3.8) is 0 Å². The minimum Gasteiger partial charge on any atom is -0.481 e. The number of sulfonamides is 1. The largest absolute Gasteiger partial charge is 0.481 e. The molecular weight excluding hydrogens is 398 g/mol. The number of thiol groups is 1. The van der Waals surface area contributed by atoms with E-state index in [-0.39, 0.29) is 17.3 Å². The van der Waals surface area contributed by atoms with Crippen LogP contribution >= 0.6 is 12.6 Å². The van der Waals surface area contributed by atoms with Crippen LogP contribution in [0.5, 0.6) is 5.75 Å². The average Bonchev–Trinajstić information content (AvgIpc) is 2.59. The maximum absolute atomic E-state index is 12.8. The van der Waals surface area contributed by atoms with Gasteiger partial charge in [0.25, 0.3) is 0 Å². The van der Waals surface area contributed by atoms with Gasteiger partial charge in [0.2, 0.25) is 10.0 Å². The first-order valence-corrected chi connectivity index (χ1v) is 10.9. The van der Waals surface area contributed by atoms with Crippen LogP contribution < -0.4 is 9.46 Å². The Labute approximate surface area is 173 Å². The van der Waals surface area contributed by atoms with Crippen LogP contribution in [0.15, 0.2) is 29.2 Å². The number of carbonyl (C=O) groups is 1. The first kappa shape index (κ1) is 24.3. The summed E-state index contributed by atoms with van der Waals surface area (Å²) in [4.78, 5) is 12.7. The normalized spacial score (nSPS) is 13.2. The fourth-order valence-electron chi connectivity index (χ4n) is 2.11. The molecule has 0 saturated carbocycles. The number of rotatable bonds is 8. The summed E-state index contributed by atoms with van der Waals surface area (Å²) in [6, 6.07) is 4.81. The molecule has 0 bridgehead atoms. The number of hydrogen-bond donors (Lipinski definition) is 2. The number of hydrogen-bond acceptors (Lipinski definition) is 6. The van der Waals surface area contributed by atoms with Gasteiger partial charge in [0, 0.05) is 5.41 Å². The van der Waals surface area contributed by atoms with Crippen molar-refractivity contribution < 1.29 is 22.7 Å². The van der Waals surface area contributed by atoms with Crippen molar-refractivity contribution in [2.45, 2.75) is 58.1 Å². The molecule has 1 N–H and O–H groups in total. The third-order valence-electron chi connectivity index (χ3n) is 3.73. The van der Waals surface area contributed by atoms with E-state index in [1.54, 1.807) is 41.5 Å². The van der Waals surface area contributed by atoms with Crippen molar-refractivity contribution in [2.75, 3.05) is 12.4 Å². The van der Waals surface area contributed by atoms with Crippen molar-refractivity contribution in [3.8, 4) is 17.6 Å². The van der Waals surface area contributed by atoms with Crippen LogP contribution in [0.25, 0.3) is 0 Å². The second-order valence-electron chi connectivity index (χ2n) is 7.92. The zero-order valence-corrected chi connectivity index (χ0v) is 18.9. The van der Waals surface area contributed by atoms with Crippen LogP contribution in [0.2, 0.25) is 0 Å². The van der Waals surface area contributed by atoms with E-state index in [9.17, 15) is 13.2 Å². The molecule has 0 fully saturated rings. The molecule has 1 aromatic rings. The fourth-order valence-corrected chi connectivity index (χ4v) is 3.65. The van der Waals surface area contributed by atoms with Crippen LogP contribution in [-0.4, -0.2) is 38.4 Å². The van der Waals surface area contributed by atoms with E-state index in [0.29, 0.717) is 5.75 Å². The summed E-state index contributed by atoms with van der Waals surface area (Å²) in [6.45, 7) is 10.6. The van der Waals surface area contributed by atoms with Gasteiger partial charge in [0.05, 0.1) is 4.90 Å². The Morgan fingerprint density at radius 3 is 2.21 bits per heavy atom. The van der Waals surface area contributed by atoms with E-state index < -0.39 is 33.1 Å². The van der Waals surface area contributed by atoms with Crippen molar-refractivity contribution in [1.29, 1.82) is 0 Å². The molecular formula is C20H29NO5S2. The maximum atomic E-state index is 12.8. The van der Waals surface area contributed by atoms with Gasteiger partial charge in [-0.15, -0.1) is 5.92 Å². The van der Waals surface area contributed by atoms with Crippen LogP contribution in [-0.2, 0) is 19.6 Å². The Bertz CT molecular complexity index is 828. The highest BCUT2D eigenvalue weighted by Crippen LogP contribution is 2.27. The van der Waals surface area contributed by atoms with E-state index in [1.807, 2.05) is 0 Å². The third-order valence-corrected chi connectivity index (χ3v) is 5.98. The smallest absolute Gasteiger partial charge is 0.325 e. The molecule has 28 heavy (non-hydrogen) atoms. The van der Waals surface area contributed by atoms with E-state index in [0.717, 1.165) is 0 Å². The number of esters is 1. The highest BCUT2D eigenvalue weighted by atomic mass is 32.2. The molecule has 156 valence electrons. The minimum absolute atomic E-state index is 0.0185. The predicted molar refractivity (Wildman–Crippen MR) is 113 cm³/mol. The van der Waals surface area contributed by atoms with Crippen molar-refractivity contribution in [1.82, 2.24) is 4.72 Å². The van der Waals surface area contributed by atoms with Crippen LogP contribution in [0.3, 0.4) is 0 Å². The minimum atomic E-state index is -3.96. The summed E-state index contributed by atoms with van der Waals surface area (Å²) in [5.74, 6) is 5.61. The number of carbonyl (C=O) groups excluding carboxylic acids is 1. The summed E-state index contributed by atoms with van der Waals surface area (Å²) in [5, 5.41) is 0. The molecule has 0 saturated heterocycles. The predicted octanol–water partition coefficient (Wildman–Crippen LogP) is 3.03. The molecule has 6 nitrogen and oxygen atoms in total. The molecule has 0 radical (unpaired) electrons. The first-order valence-electron chi connectivity index (χ1n) is 8.81. The van der Waals surface area contributed by atoms with Gasteiger partial charge >= 0.3 is 5.97 Å². The molecule has 1 rings (SSSR count). The van der Waals surface area contributed by atoms with Crippen molar-refractivity contribution in [3.05, 3.63) is 24.3 Å². The quantitative estimate of drug-likeness (QED) is 0.379. The fraction of sp³-hybridized carbons (Fsp3) is 0.550. The van der Waals surface area contributed by atoms with E-state index in [1.165, 1.54) is 24.3 Å². The van der Waals surface area contributed by atoms with E-state index in [4.69, 9.17) is 9.47 Å². The summed E-state index contributed by atoms with van der Waals surface area (Å²) in [6.07, 6.45) is 0. The van der Waals surface area contributed by atoms with Gasteiger partial charge in [0.1, 0.15) is 24.0 Å². The number of nitrogens with one attached hydrogen (secondary N) is 1. The first-order chi connectivity index (χ1) is 12.8. The number of benzene rings is 1. The molecule has 0 aliphatic heterocycles. The zero-order chi connectivity index (χ0) is 21.6. The second kappa shape index (κ2) is 9.68. The Balaban J connectivity index is 3.08. The standard InChI is InChI=1S/C20H29NO5S2/c1-7-8-13-25-15-9-11-16(12-10-15)28(23,24)21-17(20(5,6)14-27)18(22)26-19(2,3)4/h9-12,17,21,27H,13-14H2,1-6H3. The molecule has 1 atom stereocenters. The topological polar surface area (TPSA) is 81.7 Å². The van der Waals surface area contributed by atoms with Gasteiger partial charge in [-0.05, 0) is 57.7 Å². The van der Waals surface area contributed by atoms with Gasteiger partial charge in [-0.1, -0.05) is 19.8 Å². The Morgan fingerprint density at radius 2 is 1.75 bits per heavy atom. The van der Waals surface area contributed by atoms with Crippen molar-refractivity contribution >= 4 is 28.6 Å². The average molecular weight is 428 g/mol. The van der Waals surface area contributed by atoms with Gasteiger partial charge in [-0.2, -0.15) is 17.4 Å². The Morgan fingerprint density at radius 1 is 1.18 bits per heavy atom. The van der Waals surface area contributed by atoms with E-state index in [2.05, 4.69) is 29.2 Å². The summed E-state index contributed by atoms with van der Waals surface area (Å²) >= 11 is 4.27. The summed E-state index contributed by atoms with van der Waals surface area (Å²) in [7, 11) is -3.96. The Kier molecular flexibility index (Phi) is 8.42. The lowest BCUT2D eigenvalue weighted by atomic mass is 9.87. The van der Waals surface area contributed by atoms with Gasteiger partial charge in [-0.3, -0.25) is 4.79 Å². The van der Waals surface area contributed by atoms with Crippen LogP contribution in [0.1, 0.15) is 41.5 Å². The van der Waals surface area contributed by atoms with Gasteiger partial charge in [0.15, 0.2) is 0 Å². The maximum Gasteiger partial charge on any atom is 0.325 e. The van der Waals surface area contributed by atoms with Gasteiger partial charge in [-0.25, -0.2) is 8.42 Å². The molecule has 0 aromatic heterocycles. The molecule has 0 aliphatic carbocycles. The van der Waals surface area contributed by atoms with E-state index >= 15 is 0 Å². The molecule has 1 aromatic carbocycles. The van der Waals surface area contributed by atoms with Crippen molar-refractivity contribution in [2.24, 2.45) is 5.41 Å². The number of ether oxygens (including phenoxy) is 2. The molecule has 0 heterocycles. The SMILES string of the molecule is CC#CCOc1ccc(S(=O)(=O)NC(C(=O)OC(C)(C)C)C(C)(C)CS)cc1. The van der Waals surface area contributed by atoms with Crippen LogP contribution in [0, 0.1) is 17.3 Å². The lowest BCUT2D eigenvalue weighted by Crippen LogP contribution is -2.53. The molecule has 0 aliphatic rings. The third kappa shape index (κ3) is 7.38. The molecule has 0 spiro atoms. The molecule has 0 amide bonds. The lowest BCUT2D eigenvalue weighted by Gasteiger charge is -2.33. The lowest BCUT2D eigenvalue weighted by molar-refractivity contribution is -0.159.